The molecular formula is C17H23ClN2O2S. The van der Waals surface area contributed by atoms with Gasteiger partial charge >= 0.3 is 0 Å². The Balaban J connectivity index is 0.00000192. The van der Waals surface area contributed by atoms with E-state index >= 15 is 0 Å². The van der Waals surface area contributed by atoms with Crippen molar-refractivity contribution in [3.8, 4) is 5.75 Å². The molecule has 1 unspecified atom stereocenters. The zero-order valence-electron chi connectivity index (χ0n) is 13.7. The molecule has 0 aliphatic carbocycles. The van der Waals surface area contributed by atoms with Gasteiger partial charge in [-0.15, -0.1) is 23.7 Å². The molecule has 1 amide bonds. The first-order valence-corrected chi connectivity index (χ1v) is 8.35. The predicted octanol–water partition coefficient (Wildman–Crippen LogP) is 3.45. The number of methoxy groups -OCH3 is 1. The van der Waals surface area contributed by atoms with Crippen LogP contribution in [0.25, 0.3) is 10.1 Å². The van der Waals surface area contributed by atoms with Gasteiger partial charge in [0.2, 0.25) is 0 Å². The summed E-state index contributed by atoms with van der Waals surface area (Å²) in [5.41, 5.74) is 6.95. The van der Waals surface area contributed by atoms with E-state index in [9.17, 15) is 4.79 Å². The Labute approximate surface area is 147 Å². The number of hydrogen-bond acceptors (Lipinski definition) is 4. The van der Waals surface area contributed by atoms with E-state index in [0.717, 1.165) is 45.8 Å². The summed E-state index contributed by atoms with van der Waals surface area (Å²) in [6, 6.07) is 5.97. The maximum absolute atomic E-state index is 12.9. The standard InChI is InChI=1S/C17H22N2O2S.ClH/c1-11-13-8-12(21-3)4-5-14(13)22-15(11)16(20)19-7-6-17(2,9-18)10-19;/h4-5,8H,6-7,9-10,18H2,1-3H3;1H. The van der Waals surface area contributed by atoms with Gasteiger partial charge in [0.15, 0.2) is 0 Å². The maximum atomic E-state index is 12.9. The van der Waals surface area contributed by atoms with Crippen LogP contribution in [0.4, 0.5) is 0 Å². The third kappa shape index (κ3) is 3.18. The highest BCUT2D eigenvalue weighted by Crippen LogP contribution is 2.36. The zero-order valence-corrected chi connectivity index (χ0v) is 15.4. The number of amides is 1. The summed E-state index contributed by atoms with van der Waals surface area (Å²) in [4.78, 5) is 15.6. The zero-order chi connectivity index (χ0) is 15.9. The molecule has 1 saturated heterocycles. The second-order valence-corrected chi connectivity index (χ2v) is 7.46. The Hall–Kier alpha value is -1.30. The number of rotatable bonds is 3. The van der Waals surface area contributed by atoms with Crippen LogP contribution in [0.2, 0.25) is 0 Å². The molecule has 1 aliphatic rings. The lowest BCUT2D eigenvalue weighted by Gasteiger charge is -2.22. The first-order chi connectivity index (χ1) is 10.5. The van der Waals surface area contributed by atoms with Crippen molar-refractivity contribution in [1.29, 1.82) is 0 Å². The quantitative estimate of drug-likeness (QED) is 0.918. The lowest BCUT2D eigenvalue weighted by Crippen LogP contribution is -2.34. The summed E-state index contributed by atoms with van der Waals surface area (Å²) in [5.74, 6) is 0.958. The highest BCUT2D eigenvalue weighted by atomic mass is 35.5. The van der Waals surface area contributed by atoms with E-state index in [2.05, 4.69) is 6.92 Å². The minimum atomic E-state index is 0. The summed E-state index contributed by atoms with van der Waals surface area (Å²) in [7, 11) is 1.66. The van der Waals surface area contributed by atoms with E-state index in [-0.39, 0.29) is 23.7 Å². The third-order valence-corrected chi connectivity index (χ3v) is 5.94. The van der Waals surface area contributed by atoms with Gasteiger partial charge in [-0.1, -0.05) is 6.92 Å². The van der Waals surface area contributed by atoms with Crippen molar-refractivity contribution in [2.45, 2.75) is 20.3 Å². The Bertz CT molecular complexity index is 731. The third-order valence-electron chi connectivity index (χ3n) is 4.68. The first kappa shape index (κ1) is 18.0. The number of benzene rings is 1. The van der Waals surface area contributed by atoms with Crippen molar-refractivity contribution in [3.63, 3.8) is 0 Å². The van der Waals surface area contributed by atoms with Crippen molar-refractivity contribution in [2.75, 3.05) is 26.7 Å². The van der Waals surface area contributed by atoms with Crippen LogP contribution in [0.1, 0.15) is 28.6 Å². The average molecular weight is 355 g/mol. The highest BCUT2D eigenvalue weighted by molar-refractivity contribution is 7.21. The molecule has 1 atom stereocenters. The molecule has 2 heterocycles. The number of carbonyl (C=O) groups is 1. The summed E-state index contributed by atoms with van der Waals surface area (Å²) < 4.78 is 6.41. The van der Waals surface area contributed by atoms with Gasteiger partial charge in [-0.2, -0.15) is 0 Å². The molecule has 1 fully saturated rings. The second kappa shape index (κ2) is 6.67. The molecule has 1 aromatic heterocycles. The van der Waals surface area contributed by atoms with Crippen LogP contribution < -0.4 is 10.5 Å². The summed E-state index contributed by atoms with van der Waals surface area (Å²) in [6.07, 6.45) is 0.979. The van der Waals surface area contributed by atoms with Crippen molar-refractivity contribution in [2.24, 2.45) is 11.1 Å². The predicted molar refractivity (Wildman–Crippen MR) is 98.0 cm³/mol. The normalized spacial score (nSPS) is 20.6. The number of aryl methyl sites for hydroxylation is 1. The Kier molecular flexibility index (Phi) is 5.23. The van der Waals surface area contributed by atoms with Crippen molar-refractivity contribution < 1.29 is 9.53 Å². The fourth-order valence-corrected chi connectivity index (χ4v) is 4.20. The second-order valence-electron chi connectivity index (χ2n) is 6.41. The number of nitrogens with zero attached hydrogens (tertiary/aromatic N) is 1. The number of ether oxygens (including phenoxy) is 1. The minimum Gasteiger partial charge on any atom is -0.497 e. The summed E-state index contributed by atoms with van der Waals surface area (Å²) in [6.45, 7) is 6.34. The molecule has 0 bridgehead atoms. The van der Waals surface area contributed by atoms with E-state index in [1.165, 1.54) is 0 Å². The fraction of sp³-hybridized carbons (Fsp3) is 0.471. The molecule has 0 radical (unpaired) electrons. The van der Waals surface area contributed by atoms with Crippen molar-refractivity contribution in [1.82, 2.24) is 4.90 Å². The Morgan fingerprint density at radius 2 is 2.22 bits per heavy atom. The molecule has 4 nitrogen and oxygen atoms in total. The lowest BCUT2D eigenvalue weighted by atomic mass is 9.90. The van der Waals surface area contributed by atoms with Crippen LogP contribution in [0, 0.1) is 12.3 Å². The number of carbonyl (C=O) groups excluding carboxylic acids is 1. The van der Waals surface area contributed by atoms with E-state index in [4.69, 9.17) is 10.5 Å². The monoisotopic (exact) mass is 354 g/mol. The van der Waals surface area contributed by atoms with Crippen LogP contribution in [-0.2, 0) is 0 Å². The molecule has 0 saturated carbocycles. The molecule has 1 aliphatic heterocycles. The molecule has 2 N–H and O–H groups in total. The number of halogens is 1. The summed E-state index contributed by atoms with van der Waals surface area (Å²) >= 11 is 1.57. The van der Waals surface area contributed by atoms with Crippen LogP contribution in [0.3, 0.4) is 0 Å². The van der Waals surface area contributed by atoms with Gasteiger partial charge < -0.3 is 15.4 Å². The molecule has 1 aromatic carbocycles. The minimum absolute atomic E-state index is 0. The van der Waals surface area contributed by atoms with Crippen LogP contribution in [-0.4, -0.2) is 37.6 Å². The maximum Gasteiger partial charge on any atom is 0.264 e. The SMILES string of the molecule is COc1ccc2sc(C(=O)N3CCC(C)(CN)C3)c(C)c2c1.Cl. The lowest BCUT2D eigenvalue weighted by molar-refractivity contribution is 0.0781. The molecular weight excluding hydrogens is 332 g/mol. The van der Waals surface area contributed by atoms with Gasteiger partial charge in [0, 0.05) is 17.8 Å². The van der Waals surface area contributed by atoms with Crippen molar-refractivity contribution in [3.05, 3.63) is 28.6 Å². The Morgan fingerprint density at radius 1 is 1.48 bits per heavy atom. The van der Waals surface area contributed by atoms with Crippen molar-refractivity contribution >= 4 is 39.7 Å². The molecule has 3 rings (SSSR count). The smallest absolute Gasteiger partial charge is 0.264 e. The van der Waals surface area contributed by atoms with E-state index < -0.39 is 0 Å². The van der Waals surface area contributed by atoms with Gasteiger partial charge in [0.25, 0.3) is 5.91 Å². The number of fused-ring (bicyclic) bond motifs is 1. The van der Waals surface area contributed by atoms with E-state index in [1.54, 1.807) is 18.4 Å². The number of thiophene rings is 1. The van der Waals surface area contributed by atoms with Crippen LogP contribution in [0.5, 0.6) is 5.75 Å². The van der Waals surface area contributed by atoms with Gasteiger partial charge in [-0.25, -0.2) is 0 Å². The molecule has 126 valence electrons. The largest absolute Gasteiger partial charge is 0.497 e. The molecule has 23 heavy (non-hydrogen) atoms. The van der Waals surface area contributed by atoms with Gasteiger partial charge in [-0.05, 0) is 54.5 Å². The fourth-order valence-electron chi connectivity index (χ4n) is 3.04. The summed E-state index contributed by atoms with van der Waals surface area (Å²) in [5, 5.41) is 1.11. The first-order valence-electron chi connectivity index (χ1n) is 7.54. The van der Waals surface area contributed by atoms with E-state index in [0.29, 0.717) is 6.54 Å². The van der Waals surface area contributed by atoms with Gasteiger partial charge in [0.1, 0.15) is 5.75 Å². The average Bonchev–Trinajstić information content (AvgIpc) is 3.08. The molecule has 0 spiro atoms. The highest BCUT2D eigenvalue weighted by Gasteiger charge is 2.36. The number of likely N-dealkylation sites (tertiary alicyclic amines) is 1. The van der Waals surface area contributed by atoms with Gasteiger partial charge in [0.05, 0.1) is 12.0 Å². The van der Waals surface area contributed by atoms with E-state index in [1.807, 2.05) is 30.0 Å². The number of hydrogen-bond donors (Lipinski definition) is 1. The van der Waals surface area contributed by atoms with Crippen LogP contribution in [0.15, 0.2) is 18.2 Å². The van der Waals surface area contributed by atoms with Crippen LogP contribution >= 0.6 is 23.7 Å². The number of nitrogens with two attached hydrogens (primary N) is 1. The Morgan fingerprint density at radius 3 is 2.83 bits per heavy atom. The van der Waals surface area contributed by atoms with Gasteiger partial charge in [-0.3, -0.25) is 4.79 Å². The topological polar surface area (TPSA) is 55.6 Å². The molecule has 2 aromatic rings. The molecule has 6 heteroatoms.